The van der Waals surface area contributed by atoms with Crippen LogP contribution in [0.2, 0.25) is 0 Å². The van der Waals surface area contributed by atoms with E-state index in [1.165, 1.54) is 24.1 Å². The van der Waals surface area contributed by atoms with E-state index < -0.39 is 0 Å². The number of unbranched alkanes of at least 4 members (excludes halogenated alkanes) is 1. The van der Waals surface area contributed by atoms with Crippen LogP contribution in [-0.2, 0) is 17.9 Å². The summed E-state index contributed by atoms with van der Waals surface area (Å²) in [6.07, 6.45) is 8.90. The second kappa shape index (κ2) is 8.89. The molecule has 3 heteroatoms. The number of hydrogen-bond acceptors (Lipinski definition) is 1. The van der Waals surface area contributed by atoms with Crippen molar-refractivity contribution < 1.29 is 4.79 Å². The van der Waals surface area contributed by atoms with Gasteiger partial charge in [-0.05, 0) is 37.0 Å². The molecule has 134 valence electrons. The number of amides is 1. The zero-order chi connectivity index (χ0) is 17.5. The van der Waals surface area contributed by atoms with Gasteiger partial charge >= 0.3 is 0 Å². The largest absolute Gasteiger partial charge is 0.345 e. The summed E-state index contributed by atoms with van der Waals surface area (Å²) >= 11 is 0. The lowest BCUT2D eigenvalue weighted by Gasteiger charge is -2.26. The van der Waals surface area contributed by atoms with E-state index in [0.29, 0.717) is 5.91 Å². The third-order valence-corrected chi connectivity index (χ3v) is 5.27. The van der Waals surface area contributed by atoms with Gasteiger partial charge in [-0.1, -0.05) is 56.5 Å². The van der Waals surface area contributed by atoms with Crippen LogP contribution >= 0.6 is 0 Å². The Morgan fingerprint density at radius 1 is 1.12 bits per heavy atom. The van der Waals surface area contributed by atoms with Gasteiger partial charge in [-0.3, -0.25) is 4.79 Å². The van der Waals surface area contributed by atoms with Gasteiger partial charge in [0.25, 0.3) is 0 Å². The number of benzene rings is 1. The Kier molecular flexibility index (Phi) is 6.32. The van der Waals surface area contributed by atoms with Crippen LogP contribution in [0, 0.1) is 5.92 Å². The number of nitrogens with zero attached hydrogens (tertiary/aromatic N) is 2. The highest BCUT2D eigenvalue weighted by molar-refractivity contribution is 5.79. The van der Waals surface area contributed by atoms with E-state index in [2.05, 4.69) is 59.0 Å². The molecule has 1 aromatic heterocycles. The number of carbonyl (C=O) groups excluding carboxylic acids is 1. The Labute approximate surface area is 151 Å². The SMILES string of the molecule is CCCCN(Cc1cccn1Cc1ccccc1)C(=O)C1CCCC1. The molecule has 0 N–H and O–H groups in total. The van der Waals surface area contributed by atoms with Crippen molar-refractivity contribution in [1.82, 2.24) is 9.47 Å². The molecule has 2 aromatic rings. The van der Waals surface area contributed by atoms with Crippen LogP contribution in [0.5, 0.6) is 0 Å². The number of carbonyl (C=O) groups is 1. The Morgan fingerprint density at radius 2 is 1.88 bits per heavy atom. The molecule has 1 aliphatic carbocycles. The maximum atomic E-state index is 13.0. The molecule has 1 saturated carbocycles. The van der Waals surface area contributed by atoms with Crippen molar-refractivity contribution in [2.24, 2.45) is 5.92 Å². The highest BCUT2D eigenvalue weighted by Crippen LogP contribution is 2.27. The molecular weight excluding hydrogens is 308 g/mol. The molecule has 1 aromatic carbocycles. The van der Waals surface area contributed by atoms with Crippen molar-refractivity contribution in [2.45, 2.75) is 58.5 Å². The minimum Gasteiger partial charge on any atom is -0.345 e. The average Bonchev–Trinajstić information content (AvgIpc) is 3.31. The second-order valence-corrected chi connectivity index (χ2v) is 7.21. The van der Waals surface area contributed by atoms with Crippen molar-refractivity contribution >= 4 is 5.91 Å². The van der Waals surface area contributed by atoms with Gasteiger partial charge in [0.05, 0.1) is 6.54 Å². The number of rotatable bonds is 8. The van der Waals surface area contributed by atoms with Crippen LogP contribution in [0.3, 0.4) is 0 Å². The van der Waals surface area contributed by atoms with Gasteiger partial charge < -0.3 is 9.47 Å². The van der Waals surface area contributed by atoms with Gasteiger partial charge in [0.15, 0.2) is 0 Å². The monoisotopic (exact) mass is 338 g/mol. The molecule has 1 fully saturated rings. The third kappa shape index (κ3) is 4.75. The van der Waals surface area contributed by atoms with Crippen molar-refractivity contribution in [3.63, 3.8) is 0 Å². The molecule has 0 radical (unpaired) electrons. The smallest absolute Gasteiger partial charge is 0.226 e. The summed E-state index contributed by atoms with van der Waals surface area (Å²) in [5.74, 6) is 0.632. The lowest BCUT2D eigenvalue weighted by molar-refractivity contribution is -0.136. The van der Waals surface area contributed by atoms with Crippen LogP contribution in [0.1, 0.15) is 56.7 Å². The molecule has 25 heavy (non-hydrogen) atoms. The van der Waals surface area contributed by atoms with Gasteiger partial charge in [-0.15, -0.1) is 0 Å². The fraction of sp³-hybridized carbons (Fsp3) is 0.500. The summed E-state index contributed by atoms with van der Waals surface area (Å²) in [5.41, 5.74) is 2.52. The predicted molar refractivity (Wildman–Crippen MR) is 102 cm³/mol. The molecule has 0 unspecified atom stereocenters. The highest BCUT2D eigenvalue weighted by atomic mass is 16.2. The predicted octanol–water partition coefficient (Wildman–Crippen LogP) is 4.86. The van der Waals surface area contributed by atoms with E-state index >= 15 is 0 Å². The lowest BCUT2D eigenvalue weighted by atomic mass is 10.1. The van der Waals surface area contributed by atoms with Gasteiger partial charge in [-0.2, -0.15) is 0 Å². The Balaban J connectivity index is 1.71. The van der Waals surface area contributed by atoms with E-state index in [1.807, 2.05) is 6.07 Å². The minimum atomic E-state index is 0.259. The fourth-order valence-corrected chi connectivity index (χ4v) is 3.77. The lowest BCUT2D eigenvalue weighted by Crippen LogP contribution is -2.36. The molecule has 1 amide bonds. The number of aromatic nitrogens is 1. The zero-order valence-electron chi connectivity index (χ0n) is 15.4. The average molecular weight is 338 g/mol. The molecule has 0 atom stereocenters. The van der Waals surface area contributed by atoms with E-state index in [4.69, 9.17) is 0 Å². The van der Waals surface area contributed by atoms with Crippen LogP contribution in [0.25, 0.3) is 0 Å². The van der Waals surface area contributed by atoms with E-state index in [9.17, 15) is 4.79 Å². The van der Waals surface area contributed by atoms with Gasteiger partial charge in [0.2, 0.25) is 5.91 Å². The van der Waals surface area contributed by atoms with Crippen LogP contribution in [-0.4, -0.2) is 21.9 Å². The topological polar surface area (TPSA) is 25.2 Å². The first-order valence-corrected chi connectivity index (χ1v) is 9.74. The summed E-state index contributed by atoms with van der Waals surface area (Å²) in [6.45, 7) is 4.66. The minimum absolute atomic E-state index is 0.259. The maximum absolute atomic E-state index is 13.0. The molecule has 0 saturated heterocycles. The third-order valence-electron chi connectivity index (χ3n) is 5.27. The highest BCUT2D eigenvalue weighted by Gasteiger charge is 2.27. The van der Waals surface area contributed by atoms with Crippen LogP contribution < -0.4 is 0 Å². The maximum Gasteiger partial charge on any atom is 0.226 e. The van der Waals surface area contributed by atoms with Crippen molar-refractivity contribution in [1.29, 1.82) is 0 Å². The van der Waals surface area contributed by atoms with E-state index in [1.54, 1.807) is 0 Å². The van der Waals surface area contributed by atoms with Gasteiger partial charge in [-0.25, -0.2) is 0 Å². The summed E-state index contributed by atoms with van der Waals surface area (Å²) in [5, 5.41) is 0. The summed E-state index contributed by atoms with van der Waals surface area (Å²) in [7, 11) is 0. The first kappa shape index (κ1) is 17.8. The van der Waals surface area contributed by atoms with Crippen molar-refractivity contribution in [2.75, 3.05) is 6.54 Å². The van der Waals surface area contributed by atoms with Crippen molar-refractivity contribution in [3.8, 4) is 0 Å². The molecule has 1 aliphatic rings. The Morgan fingerprint density at radius 3 is 2.60 bits per heavy atom. The van der Waals surface area contributed by atoms with Gasteiger partial charge in [0, 0.05) is 30.9 Å². The van der Waals surface area contributed by atoms with Crippen LogP contribution in [0.4, 0.5) is 0 Å². The number of hydrogen-bond donors (Lipinski definition) is 0. The zero-order valence-corrected chi connectivity index (χ0v) is 15.4. The van der Waals surface area contributed by atoms with E-state index in [-0.39, 0.29) is 5.92 Å². The Hall–Kier alpha value is -2.03. The van der Waals surface area contributed by atoms with Crippen molar-refractivity contribution in [3.05, 3.63) is 59.9 Å². The van der Waals surface area contributed by atoms with Gasteiger partial charge in [0.1, 0.15) is 0 Å². The second-order valence-electron chi connectivity index (χ2n) is 7.21. The molecule has 0 bridgehead atoms. The summed E-state index contributed by atoms with van der Waals surface area (Å²) in [6, 6.07) is 14.8. The first-order valence-electron chi connectivity index (χ1n) is 9.74. The summed E-state index contributed by atoms with van der Waals surface area (Å²) in [4.78, 5) is 15.1. The molecule has 1 heterocycles. The quantitative estimate of drug-likeness (QED) is 0.675. The molecule has 3 rings (SSSR count). The van der Waals surface area contributed by atoms with E-state index in [0.717, 1.165) is 45.3 Å². The molecule has 0 spiro atoms. The normalized spacial score (nSPS) is 14.8. The first-order chi connectivity index (χ1) is 12.3. The molecule has 3 nitrogen and oxygen atoms in total. The molecular formula is C22H30N2O. The van der Waals surface area contributed by atoms with Crippen LogP contribution in [0.15, 0.2) is 48.7 Å². The fourth-order valence-electron chi connectivity index (χ4n) is 3.77. The Bertz CT molecular complexity index is 656. The standard InChI is InChI=1S/C22H30N2O/c1-2-3-15-24(22(25)20-12-7-8-13-20)18-21-14-9-16-23(21)17-19-10-5-4-6-11-19/h4-6,9-11,14,16,20H,2-3,7-8,12-13,15,17-18H2,1H3. The summed E-state index contributed by atoms with van der Waals surface area (Å²) < 4.78 is 2.27. The molecule has 0 aliphatic heterocycles.